The van der Waals surface area contributed by atoms with Gasteiger partial charge in [-0.3, -0.25) is 4.79 Å². The number of ether oxygens (including phenoxy) is 3. The van der Waals surface area contributed by atoms with Crippen molar-refractivity contribution in [3.63, 3.8) is 0 Å². The predicted octanol–water partition coefficient (Wildman–Crippen LogP) is 4.52. The Balaban J connectivity index is 1.49. The number of Topliss-reactive ketones (excluding diaryl/α,β-unsaturated/α-hetero) is 1. The van der Waals surface area contributed by atoms with Crippen LogP contribution in [0.25, 0.3) is 0 Å². The van der Waals surface area contributed by atoms with E-state index < -0.39 is 30.5 Å². The first-order valence-electron chi connectivity index (χ1n) is 12.8. The zero-order chi connectivity index (χ0) is 27.2. The minimum atomic E-state index is -1.44. The lowest BCUT2D eigenvalue weighted by atomic mass is 9.90. The Morgan fingerprint density at radius 3 is 2.37 bits per heavy atom. The predicted molar refractivity (Wildman–Crippen MR) is 144 cm³/mol. The number of carbonyl (C=O) groups is 1. The molecule has 0 bridgehead atoms. The molecule has 7 nitrogen and oxygen atoms in total. The Hall–Kier alpha value is -2.94. The highest BCUT2D eigenvalue weighted by Crippen LogP contribution is 2.35. The molecule has 0 unspecified atom stereocenters. The molecule has 1 aliphatic rings. The van der Waals surface area contributed by atoms with Crippen molar-refractivity contribution in [2.75, 3.05) is 13.2 Å². The number of rotatable bonds is 10. The van der Waals surface area contributed by atoms with E-state index in [1.54, 1.807) is 43.3 Å². The van der Waals surface area contributed by atoms with Crippen LogP contribution in [0.1, 0.15) is 53.4 Å². The summed E-state index contributed by atoms with van der Waals surface area (Å²) in [4.78, 5) is 12.0. The summed E-state index contributed by atoms with van der Waals surface area (Å²) in [6, 6.07) is 19.8. The van der Waals surface area contributed by atoms with Crippen LogP contribution in [0.5, 0.6) is 11.5 Å². The van der Waals surface area contributed by atoms with Gasteiger partial charge in [-0.1, -0.05) is 54.9 Å². The fraction of sp³-hybridized carbons (Fsp3) is 0.367. The number of aliphatic hydroxyl groups is 3. The first-order valence-corrected chi connectivity index (χ1v) is 13.1. The molecule has 1 fully saturated rings. The van der Waals surface area contributed by atoms with E-state index in [2.05, 4.69) is 0 Å². The summed E-state index contributed by atoms with van der Waals surface area (Å²) in [7, 11) is 0. The van der Waals surface area contributed by atoms with Gasteiger partial charge >= 0.3 is 0 Å². The quantitative estimate of drug-likeness (QED) is 0.325. The average molecular weight is 541 g/mol. The molecule has 0 amide bonds. The van der Waals surface area contributed by atoms with E-state index in [-0.39, 0.29) is 12.4 Å². The van der Waals surface area contributed by atoms with E-state index >= 15 is 0 Å². The lowest BCUT2D eigenvalue weighted by molar-refractivity contribution is -0.230. The number of carbonyl (C=O) groups excluding carboxylic acids is 1. The van der Waals surface area contributed by atoms with Crippen molar-refractivity contribution < 1.29 is 34.3 Å². The number of hydrogen-bond acceptors (Lipinski definition) is 7. The number of halogens is 1. The molecule has 0 spiro atoms. The minimum Gasteiger partial charge on any atom is -0.494 e. The molecule has 5 atom stereocenters. The molecule has 0 saturated carbocycles. The van der Waals surface area contributed by atoms with E-state index in [9.17, 15) is 20.1 Å². The molecule has 0 radical (unpaired) electrons. The van der Waals surface area contributed by atoms with Crippen LogP contribution in [0.3, 0.4) is 0 Å². The minimum absolute atomic E-state index is 0.00760. The van der Waals surface area contributed by atoms with Crippen LogP contribution in [0, 0.1) is 0 Å². The Morgan fingerprint density at radius 1 is 0.895 bits per heavy atom. The largest absolute Gasteiger partial charge is 0.494 e. The van der Waals surface area contributed by atoms with E-state index in [0.29, 0.717) is 41.3 Å². The van der Waals surface area contributed by atoms with E-state index in [1.807, 2.05) is 37.3 Å². The standard InChI is InChI=1S/C30H33ClO7/c1-3-25(32)19-6-5-7-23(16-19)37-17-26-27(33)28(34)29(35)30(38-26)20-10-13-24(31)21(15-20)14-18-8-11-22(12-9-18)36-4-2/h5-13,15-16,26-30,33-35H,3-4,14,17H2,1-2H3/t26-,27-,28+,29-,30+/m1/s1. The molecule has 0 aliphatic carbocycles. The Morgan fingerprint density at radius 2 is 1.66 bits per heavy atom. The summed E-state index contributed by atoms with van der Waals surface area (Å²) in [5.74, 6) is 1.23. The first kappa shape index (κ1) is 28.1. The Labute approximate surface area is 227 Å². The second kappa shape index (κ2) is 12.7. The molecular formula is C30H33ClO7. The van der Waals surface area contributed by atoms with Gasteiger partial charge in [-0.05, 0) is 60.4 Å². The van der Waals surface area contributed by atoms with E-state index in [0.717, 1.165) is 16.9 Å². The highest BCUT2D eigenvalue weighted by Gasteiger charge is 2.44. The van der Waals surface area contributed by atoms with Crippen LogP contribution in [0.2, 0.25) is 5.02 Å². The van der Waals surface area contributed by atoms with Crippen LogP contribution < -0.4 is 9.47 Å². The Bertz CT molecular complexity index is 1230. The van der Waals surface area contributed by atoms with E-state index in [4.69, 9.17) is 25.8 Å². The second-order valence-electron chi connectivity index (χ2n) is 9.29. The molecule has 3 N–H and O–H groups in total. The van der Waals surface area contributed by atoms with Crippen molar-refractivity contribution in [3.05, 3.63) is 94.0 Å². The normalized spacial score (nSPS) is 23.2. The molecule has 8 heteroatoms. The van der Waals surface area contributed by atoms with Gasteiger partial charge in [-0.25, -0.2) is 0 Å². The third kappa shape index (κ3) is 6.54. The van der Waals surface area contributed by atoms with Crippen molar-refractivity contribution >= 4 is 17.4 Å². The van der Waals surface area contributed by atoms with Gasteiger partial charge in [0.1, 0.15) is 48.6 Å². The monoisotopic (exact) mass is 540 g/mol. The van der Waals surface area contributed by atoms with Crippen LogP contribution in [-0.4, -0.2) is 58.7 Å². The third-order valence-electron chi connectivity index (χ3n) is 6.63. The molecule has 38 heavy (non-hydrogen) atoms. The van der Waals surface area contributed by atoms with Crippen LogP contribution in [0.15, 0.2) is 66.7 Å². The lowest BCUT2D eigenvalue weighted by Crippen LogP contribution is -2.55. The molecule has 1 aliphatic heterocycles. The second-order valence-corrected chi connectivity index (χ2v) is 9.69. The molecule has 1 heterocycles. The topological polar surface area (TPSA) is 105 Å². The molecule has 0 aromatic heterocycles. The van der Waals surface area contributed by atoms with Gasteiger partial charge in [0.2, 0.25) is 0 Å². The molecule has 1 saturated heterocycles. The van der Waals surface area contributed by atoms with Crippen molar-refractivity contribution in [1.29, 1.82) is 0 Å². The third-order valence-corrected chi connectivity index (χ3v) is 7.00. The van der Waals surface area contributed by atoms with Crippen molar-refractivity contribution in [2.24, 2.45) is 0 Å². The van der Waals surface area contributed by atoms with Gasteiger partial charge in [0, 0.05) is 17.0 Å². The van der Waals surface area contributed by atoms with Gasteiger partial charge in [0.25, 0.3) is 0 Å². The van der Waals surface area contributed by atoms with E-state index in [1.165, 1.54) is 0 Å². The molecule has 202 valence electrons. The number of ketones is 1. The number of benzene rings is 3. The highest BCUT2D eigenvalue weighted by molar-refractivity contribution is 6.31. The van der Waals surface area contributed by atoms with Crippen molar-refractivity contribution in [3.8, 4) is 11.5 Å². The molecule has 3 aromatic rings. The smallest absolute Gasteiger partial charge is 0.162 e. The summed E-state index contributed by atoms with van der Waals surface area (Å²) in [5.41, 5.74) is 3.01. The van der Waals surface area contributed by atoms with Crippen LogP contribution in [0.4, 0.5) is 0 Å². The zero-order valence-corrected chi connectivity index (χ0v) is 22.2. The van der Waals surface area contributed by atoms with Crippen LogP contribution >= 0.6 is 11.6 Å². The maximum atomic E-state index is 12.0. The summed E-state index contributed by atoms with van der Waals surface area (Å²) in [6.45, 7) is 4.22. The molecule has 3 aromatic carbocycles. The van der Waals surface area contributed by atoms with Crippen molar-refractivity contribution in [1.82, 2.24) is 0 Å². The fourth-order valence-electron chi connectivity index (χ4n) is 4.50. The summed E-state index contributed by atoms with van der Waals surface area (Å²) < 4.78 is 17.4. The Kier molecular flexibility index (Phi) is 9.41. The number of hydrogen-bond donors (Lipinski definition) is 3. The average Bonchev–Trinajstić information content (AvgIpc) is 2.93. The van der Waals surface area contributed by atoms with Gasteiger partial charge in [-0.15, -0.1) is 0 Å². The maximum Gasteiger partial charge on any atom is 0.162 e. The maximum absolute atomic E-state index is 12.0. The molecular weight excluding hydrogens is 508 g/mol. The van der Waals surface area contributed by atoms with Gasteiger partial charge in [-0.2, -0.15) is 0 Å². The number of aliphatic hydroxyl groups excluding tert-OH is 3. The SMILES string of the molecule is CCOc1ccc(Cc2cc([C@@H]3O[C@H](COc4cccc(C(=O)CC)c4)[C@@H](O)[C@H](O)[C@H]3O)ccc2Cl)cc1. The van der Waals surface area contributed by atoms with Crippen molar-refractivity contribution in [2.45, 2.75) is 57.2 Å². The molecule has 4 rings (SSSR count). The summed E-state index contributed by atoms with van der Waals surface area (Å²) in [5, 5.41) is 32.5. The highest BCUT2D eigenvalue weighted by atomic mass is 35.5. The van der Waals surface area contributed by atoms with Crippen LogP contribution in [-0.2, 0) is 11.2 Å². The summed E-state index contributed by atoms with van der Waals surface area (Å²) in [6.07, 6.45) is -5.07. The fourth-order valence-corrected chi connectivity index (χ4v) is 4.69. The zero-order valence-electron chi connectivity index (χ0n) is 21.4. The van der Waals surface area contributed by atoms with Gasteiger partial charge in [0.05, 0.1) is 6.61 Å². The first-order chi connectivity index (χ1) is 18.3. The lowest BCUT2D eigenvalue weighted by Gasteiger charge is -2.40. The van der Waals surface area contributed by atoms with Gasteiger partial charge in [0.15, 0.2) is 5.78 Å². The van der Waals surface area contributed by atoms with Gasteiger partial charge < -0.3 is 29.5 Å². The summed E-state index contributed by atoms with van der Waals surface area (Å²) >= 11 is 6.48.